The zero-order valence-corrected chi connectivity index (χ0v) is 10.8. The smallest absolute Gasteiger partial charge is 0.0720 e. The van der Waals surface area contributed by atoms with Crippen LogP contribution in [0.5, 0.6) is 0 Å². The predicted molar refractivity (Wildman–Crippen MR) is 72.9 cm³/mol. The first kappa shape index (κ1) is 11.9. The topological polar surface area (TPSA) is 34.1 Å². The van der Waals surface area contributed by atoms with Crippen LogP contribution in [0.25, 0.3) is 10.9 Å². The van der Waals surface area contributed by atoms with Gasteiger partial charge in [0.15, 0.2) is 0 Å². The van der Waals surface area contributed by atoms with E-state index in [0.29, 0.717) is 6.61 Å². The molecule has 3 rings (SSSR count). The lowest BCUT2D eigenvalue weighted by atomic mass is 10.0. The fourth-order valence-electron chi connectivity index (χ4n) is 2.36. The standard InChI is InChI=1S/C14H15ClN2O/c15-10-2-3-11-12(4-6-17-13(11)8-10)14-9-18-7-1-5-16-14/h2-4,6,8,14,16H,1,5,7,9H2. The number of hydrogen-bond donors (Lipinski definition) is 1. The van der Waals surface area contributed by atoms with Crippen LogP contribution in [0.3, 0.4) is 0 Å². The van der Waals surface area contributed by atoms with Crippen molar-refractivity contribution in [2.24, 2.45) is 0 Å². The van der Waals surface area contributed by atoms with Crippen molar-refractivity contribution in [3.63, 3.8) is 0 Å². The van der Waals surface area contributed by atoms with Crippen LogP contribution < -0.4 is 5.32 Å². The maximum atomic E-state index is 6.00. The van der Waals surface area contributed by atoms with Gasteiger partial charge in [0.05, 0.1) is 18.2 Å². The molecule has 1 aromatic carbocycles. The number of aromatic nitrogens is 1. The van der Waals surface area contributed by atoms with Crippen molar-refractivity contribution in [2.75, 3.05) is 19.8 Å². The second kappa shape index (κ2) is 5.22. The van der Waals surface area contributed by atoms with Gasteiger partial charge in [-0.2, -0.15) is 0 Å². The van der Waals surface area contributed by atoms with Gasteiger partial charge in [-0.15, -0.1) is 0 Å². The fraction of sp³-hybridized carbons (Fsp3) is 0.357. The Balaban J connectivity index is 2.04. The van der Waals surface area contributed by atoms with E-state index in [1.54, 1.807) is 0 Å². The highest BCUT2D eigenvalue weighted by Gasteiger charge is 2.16. The number of nitrogens with one attached hydrogen (secondary N) is 1. The third-order valence-electron chi connectivity index (χ3n) is 3.25. The van der Waals surface area contributed by atoms with Gasteiger partial charge >= 0.3 is 0 Å². The van der Waals surface area contributed by atoms with Crippen LogP contribution in [0.1, 0.15) is 18.0 Å². The zero-order valence-electron chi connectivity index (χ0n) is 10.0. The summed E-state index contributed by atoms with van der Waals surface area (Å²) in [5, 5.41) is 5.38. The summed E-state index contributed by atoms with van der Waals surface area (Å²) < 4.78 is 5.63. The Kier molecular flexibility index (Phi) is 3.46. The van der Waals surface area contributed by atoms with Gasteiger partial charge in [-0.1, -0.05) is 17.7 Å². The number of ether oxygens (including phenoxy) is 1. The molecule has 0 radical (unpaired) electrons. The van der Waals surface area contributed by atoms with E-state index < -0.39 is 0 Å². The monoisotopic (exact) mass is 262 g/mol. The van der Waals surface area contributed by atoms with E-state index in [1.807, 2.05) is 24.4 Å². The molecule has 2 aromatic rings. The van der Waals surface area contributed by atoms with E-state index in [4.69, 9.17) is 16.3 Å². The first-order valence-corrected chi connectivity index (χ1v) is 6.58. The fourth-order valence-corrected chi connectivity index (χ4v) is 2.52. The molecular formula is C14H15ClN2O. The number of halogens is 1. The molecule has 2 heterocycles. The van der Waals surface area contributed by atoms with Crippen LogP contribution in [0.2, 0.25) is 5.02 Å². The Bertz CT molecular complexity index is 550. The van der Waals surface area contributed by atoms with E-state index in [9.17, 15) is 0 Å². The molecule has 1 unspecified atom stereocenters. The van der Waals surface area contributed by atoms with Crippen molar-refractivity contribution < 1.29 is 4.74 Å². The lowest BCUT2D eigenvalue weighted by Gasteiger charge is -2.17. The van der Waals surface area contributed by atoms with E-state index in [2.05, 4.69) is 16.4 Å². The lowest BCUT2D eigenvalue weighted by molar-refractivity contribution is 0.132. The number of benzene rings is 1. The number of rotatable bonds is 1. The van der Waals surface area contributed by atoms with E-state index in [0.717, 1.165) is 35.5 Å². The highest BCUT2D eigenvalue weighted by molar-refractivity contribution is 6.31. The van der Waals surface area contributed by atoms with Crippen LogP contribution in [-0.4, -0.2) is 24.7 Å². The Hall–Kier alpha value is -1.16. The van der Waals surface area contributed by atoms with Crippen molar-refractivity contribution in [1.82, 2.24) is 10.3 Å². The average molecular weight is 263 g/mol. The maximum absolute atomic E-state index is 6.00. The largest absolute Gasteiger partial charge is 0.379 e. The first-order chi connectivity index (χ1) is 8.84. The Labute approximate surface area is 111 Å². The highest BCUT2D eigenvalue weighted by Crippen LogP contribution is 2.26. The van der Waals surface area contributed by atoms with Gasteiger partial charge in [0, 0.05) is 23.2 Å². The van der Waals surface area contributed by atoms with Crippen molar-refractivity contribution >= 4 is 22.5 Å². The average Bonchev–Trinajstić information content (AvgIpc) is 2.66. The van der Waals surface area contributed by atoms with E-state index >= 15 is 0 Å². The Morgan fingerprint density at radius 1 is 1.33 bits per heavy atom. The van der Waals surface area contributed by atoms with Gasteiger partial charge in [0.25, 0.3) is 0 Å². The van der Waals surface area contributed by atoms with Crippen LogP contribution in [0, 0.1) is 0 Å². The molecule has 0 aliphatic carbocycles. The van der Waals surface area contributed by atoms with Gasteiger partial charge in [-0.25, -0.2) is 0 Å². The molecule has 1 N–H and O–H groups in total. The zero-order chi connectivity index (χ0) is 12.4. The molecule has 1 saturated heterocycles. The molecule has 1 atom stereocenters. The molecule has 0 bridgehead atoms. The van der Waals surface area contributed by atoms with Crippen LogP contribution in [-0.2, 0) is 4.74 Å². The number of nitrogens with zero attached hydrogens (tertiary/aromatic N) is 1. The Morgan fingerprint density at radius 2 is 2.28 bits per heavy atom. The molecular weight excluding hydrogens is 248 g/mol. The van der Waals surface area contributed by atoms with Crippen molar-refractivity contribution in [1.29, 1.82) is 0 Å². The van der Waals surface area contributed by atoms with Gasteiger partial charge < -0.3 is 10.1 Å². The first-order valence-electron chi connectivity index (χ1n) is 6.20. The van der Waals surface area contributed by atoms with E-state index in [-0.39, 0.29) is 6.04 Å². The summed E-state index contributed by atoms with van der Waals surface area (Å²) in [6.07, 6.45) is 2.89. The SMILES string of the molecule is Clc1ccc2c(C3COCCCN3)ccnc2c1. The van der Waals surface area contributed by atoms with Crippen molar-refractivity contribution in [2.45, 2.75) is 12.5 Å². The summed E-state index contributed by atoms with van der Waals surface area (Å²) in [7, 11) is 0. The molecule has 0 spiro atoms. The van der Waals surface area contributed by atoms with E-state index in [1.165, 1.54) is 5.56 Å². The van der Waals surface area contributed by atoms with Gasteiger partial charge in [-0.3, -0.25) is 4.98 Å². The third-order valence-corrected chi connectivity index (χ3v) is 3.49. The predicted octanol–water partition coefficient (Wildman–Crippen LogP) is 2.94. The molecule has 4 heteroatoms. The molecule has 1 fully saturated rings. The molecule has 18 heavy (non-hydrogen) atoms. The summed E-state index contributed by atoms with van der Waals surface area (Å²) in [6.45, 7) is 2.53. The molecule has 94 valence electrons. The summed E-state index contributed by atoms with van der Waals surface area (Å²) in [6, 6.07) is 8.14. The Morgan fingerprint density at radius 3 is 3.22 bits per heavy atom. The molecule has 0 amide bonds. The van der Waals surface area contributed by atoms with Crippen molar-refractivity contribution in [3.05, 3.63) is 41.0 Å². The summed E-state index contributed by atoms with van der Waals surface area (Å²) in [5.74, 6) is 0. The highest BCUT2D eigenvalue weighted by atomic mass is 35.5. The van der Waals surface area contributed by atoms with Crippen molar-refractivity contribution in [3.8, 4) is 0 Å². The molecule has 1 aliphatic rings. The number of hydrogen-bond acceptors (Lipinski definition) is 3. The van der Waals surface area contributed by atoms with Gasteiger partial charge in [0.2, 0.25) is 0 Å². The van der Waals surface area contributed by atoms with Gasteiger partial charge in [-0.05, 0) is 36.7 Å². The molecule has 0 saturated carbocycles. The lowest BCUT2D eigenvalue weighted by Crippen LogP contribution is -2.23. The molecule has 1 aliphatic heterocycles. The van der Waals surface area contributed by atoms with Gasteiger partial charge in [0.1, 0.15) is 0 Å². The minimum Gasteiger partial charge on any atom is -0.379 e. The minimum atomic E-state index is 0.235. The second-order valence-electron chi connectivity index (χ2n) is 4.50. The van der Waals surface area contributed by atoms with Crippen LogP contribution >= 0.6 is 11.6 Å². The van der Waals surface area contributed by atoms with Crippen LogP contribution in [0.15, 0.2) is 30.5 Å². The minimum absolute atomic E-state index is 0.235. The number of fused-ring (bicyclic) bond motifs is 1. The maximum Gasteiger partial charge on any atom is 0.0720 e. The number of pyridine rings is 1. The summed E-state index contributed by atoms with van der Waals surface area (Å²) in [5.41, 5.74) is 2.17. The summed E-state index contributed by atoms with van der Waals surface area (Å²) in [4.78, 5) is 4.37. The second-order valence-corrected chi connectivity index (χ2v) is 4.93. The van der Waals surface area contributed by atoms with Crippen LogP contribution in [0.4, 0.5) is 0 Å². The third kappa shape index (κ3) is 2.34. The quantitative estimate of drug-likeness (QED) is 0.858. The normalized spacial score (nSPS) is 20.8. The summed E-state index contributed by atoms with van der Waals surface area (Å²) >= 11 is 6.00. The molecule has 1 aromatic heterocycles. The molecule has 3 nitrogen and oxygen atoms in total.